The molecular weight excluding hydrogens is 362 g/mol. The summed E-state index contributed by atoms with van der Waals surface area (Å²) < 4.78 is 3.95. The van der Waals surface area contributed by atoms with Crippen molar-refractivity contribution in [1.82, 2.24) is 34.1 Å². The van der Waals surface area contributed by atoms with Gasteiger partial charge >= 0.3 is 0 Å². The van der Waals surface area contributed by atoms with Crippen LogP contribution in [0.2, 0.25) is 0 Å². The highest BCUT2D eigenvalue weighted by atomic mass is 15.4. The quantitative estimate of drug-likeness (QED) is 0.524. The number of hydrogen-bond donors (Lipinski definition) is 0. The first-order chi connectivity index (χ1) is 14.0. The monoisotopic (exact) mass is 389 g/mol. The van der Waals surface area contributed by atoms with Crippen molar-refractivity contribution < 1.29 is 0 Å². The number of aryl methyl sites for hydroxylation is 4. The van der Waals surface area contributed by atoms with Crippen LogP contribution in [0.5, 0.6) is 0 Å². The van der Waals surface area contributed by atoms with Gasteiger partial charge in [0.2, 0.25) is 0 Å². The highest BCUT2D eigenvalue weighted by Gasteiger charge is 2.43. The Kier molecular flexibility index (Phi) is 4.90. The Hall–Kier alpha value is -3.09. The molecule has 1 fully saturated rings. The van der Waals surface area contributed by atoms with Gasteiger partial charge in [-0.3, -0.25) is 0 Å². The molecule has 5 rings (SSSR count). The van der Waals surface area contributed by atoms with Crippen LogP contribution in [0.15, 0.2) is 30.5 Å². The summed E-state index contributed by atoms with van der Waals surface area (Å²) in [5, 5.41) is 4.46. The van der Waals surface area contributed by atoms with Crippen molar-refractivity contribution in [1.29, 1.82) is 0 Å². The molecule has 1 aliphatic carbocycles. The van der Waals surface area contributed by atoms with Crippen molar-refractivity contribution >= 4 is 5.65 Å². The summed E-state index contributed by atoms with van der Waals surface area (Å²) in [6, 6.07) is 8.16. The molecule has 29 heavy (non-hydrogen) atoms. The summed E-state index contributed by atoms with van der Waals surface area (Å²) in [6.45, 7) is 11.9. The maximum absolute atomic E-state index is 4.86. The SMILES string of the molecule is CC.Cc1nc(C2C[C@H]2c2nc3ccccn3c2C)cc(-n2nc(C)nc2C)n1. The molecule has 0 N–H and O–H groups in total. The fourth-order valence-electron chi connectivity index (χ4n) is 3.92. The van der Waals surface area contributed by atoms with Gasteiger partial charge in [-0.25, -0.2) is 19.9 Å². The molecule has 0 spiro atoms. The Labute approximate surface area is 170 Å². The number of nitrogens with zero attached hydrogens (tertiary/aromatic N) is 7. The van der Waals surface area contributed by atoms with Gasteiger partial charge in [-0.05, 0) is 46.2 Å². The molecule has 7 heteroatoms. The van der Waals surface area contributed by atoms with E-state index in [1.165, 1.54) is 11.4 Å². The number of aromatic nitrogens is 7. The normalized spacial score (nSPS) is 17.9. The minimum atomic E-state index is 0.374. The Balaban J connectivity index is 0.000000994. The molecule has 1 unspecified atom stereocenters. The van der Waals surface area contributed by atoms with Crippen LogP contribution in [0.3, 0.4) is 0 Å². The van der Waals surface area contributed by atoms with Crippen LogP contribution in [0, 0.1) is 27.7 Å². The lowest BCUT2D eigenvalue weighted by atomic mass is 10.1. The van der Waals surface area contributed by atoms with E-state index >= 15 is 0 Å². The Bertz CT molecular complexity index is 1170. The van der Waals surface area contributed by atoms with E-state index in [2.05, 4.69) is 38.7 Å². The molecule has 1 aliphatic rings. The lowest BCUT2D eigenvalue weighted by molar-refractivity contribution is 0.777. The Morgan fingerprint density at radius 1 is 0.897 bits per heavy atom. The van der Waals surface area contributed by atoms with Crippen LogP contribution in [-0.4, -0.2) is 34.1 Å². The van der Waals surface area contributed by atoms with Crippen LogP contribution >= 0.6 is 0 Å². The van der Waals surface area contributed by atoms with Gasteiger partial charge in [-0.15, -0.1) is 5.10 Å². The van der Waals surface area contributed by atoms with Crippen molar-refractivity contribution in [3.63, 3.8) is 0 Å². The van der Waals surface area contributed by atoms with E-state index in [1.807, 2.05) is 52.8 Å². The third-order valence-electron chi connectivity index (χ3n) is 5.26. The number of rotatable bonds is 3. The van der Waals surface area contributed by atoms with Crippen molar-refractivity contribution in [3.8, 4) is 5.82 Å². The molecule has 0 saturated heterocycles. The van der Waals surface area contributed by atoms with Crippen LogP contribution in [-0.2, 0) is 0 Å². The first kappa shape index (κ1) is 19.2. The van der Waals surface area contributed by atoms with Gasteiger partial charge < -0.3 is 4.40 Å². The van der Waals surface area contributed by atoms with Crippen molar-refractivity contribution in [2.45, 2.75) is 59.8 Å². The second kappa shape index (κ2) is 7.39. The van der Waals surface area contributed by atoms with Gasteiger partial charge in [0.05, 0.1) is 11.4 Å². The number of pyridine rings is 1. The zero-order valence-electron chi connectivity index (χ0n) is 17.9. The van der Waals surface area contributed by atoms with Gasteiger partial charge in [-0.2, -0.15) is 4.68 Å². The topological polar surface area (TPSA) is 73.8 Å². The molecule has 150 valence electrons. The summed E-state index contributed by atoms with van der Waals surface area (Å²) in [6.07, 6.45) is 3.14. The second-order valence-corrected chi connectivity index (χ2v) is 7.28. The maximum atomic E-state index is 4.86. The van der Waals surface area contributed by atoms with Crippen molar-refractivity contribution in [3.05, 3.63) is 65.0 Å². The summed E-state index contributed by atoms with van der Waals surface area (Å²) in [5.74, 6) is 3.90. The first-order valence-corrected chi connectivity index (χ1v) is 10.2. The summed E-state index contributed by atoms with van der Waals surface area (Å²) in [4.78, 5) is 18.5. The average Bonchev–Trinajstić information content (AvgIpc) is 3.34. The molecular formula is C22H27N7. The molecule has 0 aliphatic heterocycles. The smallest absolute Gasteiger partial charge is 0.159 e. The van der Waals surface area contributed by atoms with E-state index in [1.54, 1.807) is 4.68 Å². The van der Waals surface area contributed by atoms with Crippen LogP contribution in [0.4, 0.5) is 0 Å². The first-order valence-electron chi connectivity index (χ1n) is 10.2. The molecule has 0 radical (unpaired) electrons. The van der Waals surface area contributed by atoms with Crippen LogP contribution in [0.25, 0.3) is 11.5 Å². The zero-order valence-corrected chi connectivity index (χ0v) is 17.9. The van der Waals surface area contributed by atoms with E-state index in [4.69, 9.17) is 9.97 Å². The summed E-state index contributed by atoms with van der Waals surface area (Å²) in [7, 11) is 0. The maximum Gasteiger partial charge on any atom is 0.159 e. The molecule has 2 atom stereocenters. The summed E-state index contributed by atoms with van der Waals surface area (Å²) >= 11 is 0. The predicted octanol–water partition coefficient (Wildman–Crippen LogP) is 4.24. The highest BCUT2D eigenvalue weighted by molar-refractivity contribution is 5.46. The number of fused-ring (bicyclic) bond motifs is 1. The van der Waals surface area contributed by atoms with E-state index in [0.717, 1.165) is 41.1 Å². The Morgan fingerprint density at radius 2 is 1.69 bits per heavy atom. The van der Waals surface area contributed by atoms with Gasteiger partial charge in [0.15, 0.2) is 5.82 Å². The fraction of sp³-hybridized carbons (Fsp3) is 0.409. The molecule has 4 aromatic heterocycles. The van der Waals surface area contributed by atoms with Gasteiger partial charge in [-0.1, -0.05) is 19.9 Å². The van der Waals surface area contributed by atoms with Crippen LogP contribution in [0.1, 0.15) is 66.7 Å². The fourth-order valence-corrected chi connectivity index (χ4v) is 3.92. The van der Waals surface area contributed by atoms with Crippen molar-refractivity contribution in [2.75, 3.05) is 0 Å². The second-order valence-electron chi connectivity index (χ2n) is 7.28. The third kappa shape index (κ3) is 3.41. The van der Waals surface area contributed by atoms with E-state index < -0.39 is 0 Å². The highest BCUT2D eigenvalue weighted by Crippen LogP contribution is 2.54. The molecule has 0 bridgehead atoms. The largest absolute Gasteiger partial charge is 0.304 e. The average molecular weight is 390 g/mol. The Morgan fingerprint density at radius 3 is 2.38 bits per heavy atom. The molecule has 7 nitrogen and oxygen atoms in total. The van der Waals surface area contributed by atoms with Gasteiger partial charge in [0, 0.05) is 29.8 Å². The molecule has 0 aromatic carbocycles. The van der Waals surface area contributed by atoms with Crippen LogP contribution < -0.4 is 0 Å². The molecule has 4 heterocycles. The van der Waals surface area contributed by atoms with Gasteiger partial charge in [0.25, 0.3) is 0 Å². The zero-order chi connectivity index (χ0) is 20.7. The lowest BCUT2D eigenvalue weighted by Crippen LogP contribution is -2.06. The molecule has 0 amide bonds. The van der Waals surface area contributed by atoms with Crippen molar-refractivity contribution in [2.24, 2.45) is 0 Å². The summed E-state index contributed by atoms with van der Waals surface area (Å²) in [5.41, 5.74) is 4.46. The molecule has 4 aromatic rings. The minimum Gasteiger partial charge on any atom is -0.304 e. The number of imidazole rings is 1. The molecule has 1 saturated carbocycles. The predicted molar refractivity (Wildman–Crippen MR) is 113 cm³/mol. The van der Waals surface area contributed by atoms with E-state index in [-0.39, 0.29) is 0 Å². The minimum absolute atomic E-state index is 0.374. The van der Waals surface area contributed by atoms with E-state index in [0.29, 0.717) is 11.8 Å². The van der Waals surface area contributed by atoms with Gasteiger partial charge in [0.1, 0.15) is 23.1 Å². The van der Waals surface area contributed by atoms with E-state index in [9.17, 15) is 0 Å². The standard InChI is InChI=1S/C20H21N7.C2H6/c1-11-20(24-18-7-5-6-8-26(11)18)16-9-15(16)17-10-19(23-12(2)22-17)27-14(4)21-13(3)25-27;1-2/h5-8,10,15-16H,9H2,1-4H3;1-2H3/t15?,16-;/m1./s1. The lowest BCUT2D eigenvalue weighted by Gasteiger charge is -2.07. The third-order valence-corrected chi connectivity index (χ3v) is 5.26. The number of hydrogen-bond acceptors (Lipinski definition) is 5.